The molecule has 0 saturated carbocycles. The van der Waals surface area contributed by atoms with Gasteiger partial charge in [-0.25, -0.2) is 4.79 Å². The van der Waals surface area contributed by atoms with Gasteiger partial charge in [0.15, 0.2) is 0 Å². The number of benzene rings is 1. The van der Waals surface area contributed by atoms with Crippen LogP contribution in [0, 0.1) is 0 Å². The second kappa shape index (κ2) is 7.09. The quantitative estimate of drug-likeness (QED) is 0.632. The fraction of sp³-hybridized carbons (Fsp3) is 0.176. The van der Waals surface area contributed by atoms with Crippen LogP contribution in [0.5, 0.6) is 5.75 Å². The Kier molecular flexibility index (Phi) is 5.17. The van der Waals surface area contributed by atoms with Crippen LogP contribution in [0.25, 0.3) is 16.7 Å². The fourth-order valence-corrected chi connectivity index (χ4v) is 2.24. The summed E-state index contributed by atoms with van der Waals surface area (Å²) in [7, 11) is 2.92. The van der Waals surface area contributed by atoms with E-state index in [1.807, 2.05) is 31.2 Å². The highest BCUT2D eigenvalue weighted by Crippen LogP contribution is 2.30. The molecule has 114 valence electrons. The van der Waals surface area contributed by atoms with Crippen LogP contribution in [0.1, 0.15) is 12.5 Å². The van der Waals surface area contributed by atoms with Gasteiger partial charge in [0, 0.05) is 24.0 Å². The number of methoxy groups -OCH3 is 2. The van der Waals surface area contributed by atoms with Crippen LogP contribution in [-0.4, -0.2) is 25.2 Å². The predicted octanol–water partition coefficient (Wildman–Crippen LogP) is 3.99. The minimum Gasteiger partial charge on any atom is -0.495 e. The van der Waals surface area contributed by atoms with E-state index in [-0.39, 0.29) is 0 Å². The molecule has 0 fully saturated rings. The maximum Gasteiger partial charge on any atom is 0.330 e. The smallest absolute Gasteiger partial charge is 0.330 e. The van der Waals surface area contributed by atoms with E-state index >= 15 is 0 Å². The molecule has 0 saturated heterocycles. The van der Waals surface area contributed by atoms with E-state index in [0.717, 1.165) is 22.3 Å². The first-order valence-electron chi connectivity index (χ1n) is 6.60. The molecule has 0 bridgehead atoms. The Labute approximate surface area is 134 Å². The Bertz CT molecular complexity index is 726. The number of aromatic nitrogens is 1. The van der Waals surface area contributed by atoms with Gasteiger partial charge in [-0.1, -0.05) is 17.7 Å². The molecule has 0 spiro atoms. The van der Waals surface area contributed by atoms with Crippen LogP contribution < -0.4 is 4.74 Å². The van der Waals surface area contributed by atoms with E-state index in [1.165, 1.54) is 13.2 Å². The standard InChI is InChI=1S/C17H16ClNO3/c1-11(6-17(20)22-3)13-7-14(10-19-9-13)12-4-5-16(21-2)15(18)8-12/h4-10H,1-3H3/b11-6+. The summed E-state index contributed by atoms with van der Waals surface area (Å²) >= 11 is 6.15. The molecular formula is C17H16ClNO3. The van der Waals surface area contributed by atoms with E-state index in [1.54, 1.807) is 19.5 Å². The maximum atomic E-state index is 11.3. The Balaban J connectivity index is 2.38. The average molecular weight is 318 g/mol. The minimum atomic E-state index is -0.393. The molecule has 0 aliphatic rings. The van der Waals surface area contributed by atoms with Gasteiger partial charge in [-0.2, -0.15) is 0 Å². The lowest BCUT2D eigenvalue weighted by molar-refractivity contribution is -0.134. The molecule has 1 heterocycles. The third-order valence-electron chi connectivity index (χ3n) is 3.21. The third-order valence-corrected chi connectivity index (χ3v) is 3.51. The van der Waals surface area contributed by atoms with Crippen molar-refractivity contribution < 1.29 is 14.3 Å². The van der Waals surface area contributed by atoms with Crippen molar-refractivity contribution in [1.82, 2.24) is 4.98 Å². The molecule has 0 aliphatic heterocycles. The third kappa shape index (κ3) is 3.65. The van der Waals surface area contributed by atoms with Crippen LogP contribution in [-0.2, 0) is 9.53 Å². The lowest BCUT2D eigenvalue weighted by Gasteiger charge is -2.08. The van der Waals surface area contributed by atoms with Gasteiger partial charge in [0.2, 0.25) is 0 Å². The Morgan fingerprint density at radius 2 is 1.95 bits per heavy atom. The Morgan fingerprint density at radius 3 is 2.59 bits per heavy atom. The largest absolute Gasteiger partial charge is 0.495 e. The van der Waals surface area contributed by atoms with E-state index in [2.05, 4.69) is 9.72 Å². The summed E-state index contributed by atoms with van der Waals surface area (Å²) in [5.74, 6) is 0.228. The highest BCUT2D eigenvalue weighted by atomic mass is 35.5. The van der Waals surface area contributed by atoms with Crippen molar-refractivity contribution in [2.45, 2.75) is 6.92 Å². The van der Waals surface area contributed by atoms with Gasteiger partial charge in [-0.3, -0.25) is 4.98 Å². The van der Waals surface area contributed by atoms with Crippen LogP contribution in [0.2, 0.25) is 5.02 Å². The predicted molar refractivity (Wildman–Crippen MR) is 86.9 cm³/mol. The molecule has 1 aromatic carbocycles. The van der Waals surface area contributed by atoms with Gasteiger partial charge in [0.1, 0.15) is 5.75 Å². The molecule has 5 heteroatoms. The van der Waals surface area contributed by atoms with Crippen molar-refractivity contribution in [3.05, 3.63) is 53.3 Å². The fourth-order valence-electron chi connectivity index (χ4n) is 1.98. The zero-order valence-electron chi connectivity index (χ0n) is 12.6. The summed E-state index contributed by atoms with van der Waals surface area (Å²) < 4.78 is 9.78. The lowest BCUT2D eigenvalue weighted by Crippen LogP contribution is -1.96. The first-order valence-corrected chi connectivity index (χ1v) is 6.98. The number of hydrogen-bond donors (Lipinski definition) is 0. The van der Waals surface area contributed by atoms with Gasteiger partial charge < -0.3 is 9.47 Å². The summed E-state index contributed by atoms with van der Waals surface area (Å²) in [4.78, 5) is 15.5. The molecule has 2 aromatic rings. The summed E-state index contributed by atoms with van der Waals surface area (Å²) in [6, 6.07) is 7.48. The molecule has 0 unspecified atom stereocenters. The number of pyridine rings is 1. The topological polar surface area (TPSA) is 48.4 Å². The number of esters is 1. The van der Waals surface area contributed by atoms with Crippen LogP contribution in [0.15, 0.2) is 42.7 Å². The van der Waals surface area contributed by atoms with E-state index < -0.39 is 5.97 Å². The SMILES string of the molecule is COC(=O)/C=C(\C)c1cncc(-c2ccc(OC)c(Cl)c2)c1. The van der Waals surface area contributed by atoms with Crippen molar-refractivity contribution in [3.63, 3.8) is 0 Å². The number of allylic oxidation sites excluding steroid dienone is 1. The first-order chi connectivity index (χ1) is 10.5. The Hall–Kier alpha value is -2.33. The number of rotatable bonds is 4. The van der Waals surface area contributed by atoms with E-state index in [4.69, 9.17) is 16.3 Å². The van der Waals surface area contributed by atoms with Crippen molar-refractivity contribution in [1.29, 1.82) is 0 Å². The number of ether oxygens (including phenoxy) is 2. The molecule has 0 atom stereocenters. The van der Waals surface area contributed by atoms with Gasteiger partial charge in [-0.15, -0.1) is 0 Å². The first kappa shape index (κ1) is 16.0. The lowest BCUT2D eigenvalue weighted by atomic mass is 10.0. The molecule has 0 radical (unpaired) electrons. The zero-order chi connectivity index (χ0) is 16.1. The highest BCUT2D eigenvalue weighted by molar-refractivity contribution is 6.32. The van der Waals surface area contributed by atoms with Crippen molar-refractivity contribution >= 4 is 23.1 Å². The molecule has 2 rings (SSSR count). The van der Waals surface area contributed by atoms with Crippen molar-refractivity contribution in [2.75, 3.05) is 14.2 Å². The van der Waals surface area contributed by atoms with Crippen molar-refractivity contribution in [2.24, 2.45) is 0 Å². The van der Waals surface area contributed by atoms with E-state index in [0.29, 0.717) is 10.8 Å². The maximum absolute atomic E-state index is 11.3. The number of hydrogen-bond acceptors (Lipinski definition) is 4. The highest BCUT2D eigenvalue weighted by Gasteiger charge is 2.07. The normalized spacial score (nSPS) is 11.2. The molecular weight excluding hydrogens is 302 g/mol. The number of carbonyl (C=O) groups is 1. The molecule has 0 aliphatic carbocycles. The second-order valence-electron chi connectivity index (χ2n) is 4.66. The summed E-state index contributed by atoms with van der Waals surface area (Å²) in [5.41, 5.74) is 3.45. The molecule has 4 nitrogen and oxygen atoms in total. The van der Waals surface area contributed by atoms with Gasteiger partial charge in [0.25, 0.3) is 0 Å². The van der Waals surface area contributed by atoms with Crippen LogP contribution >= 0.6 is 11.6 Å². The zero-order valence-corrected chi connectivity index (χ0v) is 13.3. The summed E-state index contributed by atoms with van der Waals surface area (Å²) in [6.45, 7) is 1.83. The number of nitrogens with zero attached hydrogens (tertiary/aromatic N) is 1. The Morgan fingerprint density at radius 1 is 1.18 bits per heavy atom. The summed E-state index contributed by atoms with van der Waals surface area (Å²) in [6.07, 6.45) is 4.87. The molecule has 22 heavy (non-hydrogen) atoms. The van der Waals surface area contributed by atoms with Gasteiger partial charge in [0.05, 0.1) is 19.2 Å². The molecule has 0 amide bonds. The van der Waals surface area contributed by atoms with Crippen LogP contribution in [0.3, 0.4) is 0 Å². The summed E-state index contributed by atoms with van der Waals surface area (Å²) in [5, 5.41) is 0.534. The van der Waals surface area contributed by atoms with Crippen LogP contribution in [0.4, 0.5) is 0 Å². The molecule has 1 aromatic heterocycles. The molecule has 0 N–H and O–H groups in total. The number of halogens is 1. The van der Waals surface area contributed by atoms with E-state index in [9.17, 15) is 4.79 Å². The minimum absolute atomic E-state index is 0.393. The average Bonchev–Trinajstić information content (AvgIpc) is 2.54. The monoisotopic (exact) mass is 317 g/mol. The van der Waals surface area contributed by atoms with Crippen molar-refractivity contribution in [3.8, 4) is 16.9 Å². The number of carbonyl (C=O) groups excluding carboxylic acids is 1. The van der Waals surface area contributed by atoms with Gasteiger partial charge in [-0.05, 0) is 41.8 Å². The second-order valence-corrected chi connectivity index (χ2v) is 5.07. The van der Waals surface area contributed by atoms with Gasteiger partial charge >= 0.3 is 5.97 Å².